The summed E-state index contributed by atoms with van der Waals surface area (Å²) < 4.78 is 4.55. The molecule has 0 atom stereocenters. The van der Waals surface area contributed by atoms with Gasteiger partial charge in [0.05, 0.1) is 5.52 Å². The normalized spacial score (nSPS) is 16.9. The minimum absolute atomic E-state index is 0.812. The molecule has 2 N–H and O–H groups in total. The Balaban J connectivity index is 1.60. The first kappa shape index (κ1) is 13.8. The third-order valence-electron chi connectivity index (χ3n) is 3.95. The Bertz CT molecular complexity index is 546. The van der Waals surface area contributed by atoms with Crippen molar-refractivity contribution in [1.29, 1.82) is 0 Å². The van der Waals surface area contributed by atoms with Gasteiger partial charge in [-0.15, -0.1) is 0 Å². The van der Waals surface area contributed by atoms with Crippen LogP contribution < -0.4 is 10.6 Å². The van der Waals surface area contributed by atoms with Gasteiger partial charge in [-0.1, -0.05) is 12.1 Å². The van der Waals surface area contributed by atoms with Gasteiger partial charge in [0.1, 0.15) is 5.00 Å². The molecule has 0 saturated carbocycles. The van der Waals surface area contributed by atoms with Crippen molar-refractivity contribution in [3.8, 4) is 0 Å². The number of anilines is 1. The highest BCUT2D eigenvalue weighted by Crippen LogP contribution is 2.31. The van der Waals surface area contributed by atoms with Crippen molar-refractivity contribution in [2.75, 3.05) is 44.2 Å². The Kier molecular flexibility index (Phi) is 4.50. The first-order chi connectivity index (χ1) is 9.88. The van der Waals surface area contributed by atoms with Gasteiger partial charge >= 0.3 is 0 Å². The molecule has 2 heterocycles. The molecule has 1 aromatic heterocycles. The summed E-state index contributed by atoms with van der Waals surface area (Å²) in [6.45, 7) is 6.51. The van der Waals surface area contributed by atoms with E-state index in [2.05, 4.69) is 38.4 Å². The van der Waals surface area contributed by atoms with E-state index in [4.69, 9.17) is 5.73 Å². The van der Waals surface area contributed by atoms with E-state index in [0.29, 0.717) is 0 Å². The third kappa shape index (κ3) is 2.95. The van der Waals surface area contributed by atoms with E-state index in [0.717, 1.165) is 44.7 Å². The number of nitrogens with zero attached hydrogens (tertiary/aromatic N) is 3. The second-order valence-corrected chi connectivity index (χ2v) is 6.08. The first-order valence-corrected chi connectivity index (χ1v) is 8.17. The quantitative estimate of drug-likeness (QED) is 0.857. The van der Waals surface area contributed by atoms with Crippen LogP contribution in [0.15, 0.2) is 24.3 Å². The molecule has 3 rings (SSSR count). The van der Waals surface area contributed by atoms with Crippen LogP contribution in [0.1, 0.15) is 12.8 Å². The molecular weight excluding hydrogens is 268 g/mol. The summed E-state index contributed by atoms with van der Waals surface area (Å²) in [6, 6.07) is 8.44. The van der Waals surface area contributed by atoms with Crippen molar-refractivity contribution in [2.45, 2.75) is 12.8 Å². The van der Waals surface area contributed by atoms with E-state index < -0.39 is 0 Å². The summed E-state index contributed by atoms with van der Waals surface area (Å²) in [5.41, 5.74) is 6.67. The summed E-state index contributed by atoms with van der Waals surface area (Å²) in [4.78, 5) is 5.04. The number of nitrogens with two attached hydrogens (primary N) is 1. The number of aromatic nitrogens is 1. The molecule has 5 heteroatoms. The molecule has 1 saturated heterocycles. The zero-order valence-electron chi connectivity index (χ0n) is 11.8. The van der Waals surface area contributed by atoms with Crippen LogP contribution in [0.25, 0.3) is 10.9 Å². The van der Waals surface area contributed by atoms with Crippen molar-refractivity contribution >= 4 is 27.4 Å². The van der Waals surface area contributed by atoms with Crippen LogP contribution in [0, 0.1) is 0 Å². The Morgan fingerprint density at radius 1 is 1.10 bits per heavy atom. The maximum Gasteiger partial charge on any atom is 0.120 e. The molecular formula is C15H22N4S. The fraction of sp³-hybridized carbons (Fsp3) is 0.533. The average Bonchev–Trinajstić information content (AvgIpc) is 2.92. The zero-order valence-corrected chi connectivity index (χ0v) is 12.6. The maximum atomic E-state index is 5.55. The van der Waals surface area contributed by atoms with E-state index in [9.17, 15) is 0 Å². The second-order valence-electron chi connectivity index (χ2n) is 5.33. The summed E-state index contributed by atoms with van der Waals surface area (Å²) in [5.74, 6) is 0. The Hall–Kier alpha value is -1.17. The van der Waals surface area contributed by atoms with Gasteiger partial charge in [-0.2, -0.15) is 4.37 Å². The van der Waals surface area contributed by atoms with E-state index in [1.165, 1.54) is 23.4 Å². The number of rotatable bonds is 5. The van der Waals surface area contributed by atoms with Gasteiger partial charge in [-0.05, 0) is 49.6 Å². The number of benzene rings is 1. The summed E-state index contributed by atoms with van der Waals surface area (Å²) in [7, 11) is 0. The summed E-state index contributed by atoms with van der Waals surface area (Å²) >= 11 is 1.63. The van der Waals surface area contributed by atoms with Crippen molar-refractivity contribution in [1.82, 2.24) is 9.27 Å². The van der Waals surface area contributed by atoms with Crippen LogP contribution in [0.3, 0.4) is 0 Å². The lowest BCUT2D eigenvalue weighted by atomic mass is 10.2. The van der Waals surface area contributed by atoms with Crippen molar-refractivity contribution < 1.29 is 0 Å². The van der Waals surface area contributed by atoms with Crippen LogP contribution >= 0.6 is 11.5 Å². The topological polar surface area (TPSA) is 45.4 Å². The van der Waals surface area contributed by atoms with Gasteiger partial charge in [-0.25, -0.2) is 0 Å². The lowest BCUT2D eigenvalue weighted by molar-refractivity contribution is 0.254. The molecule has 1 fully saturated rings. The van der Waals surface area contributed by atoms with Gasteiger partial charge in [0.25, 0.3) is 0 Å². The molecule has 0 aliphatic carbocycles. The molecule has 2 aromatic rings. The van der Waals surface area contributed by atoms with Gasteiger partial charge in [-0.3, -0.25) is 4.90 Å². The fourth-order valence-electron chi connectivity index (χ4n) is 2.76. The monoisotopic (exact) mass is 290 g/mol. The van der Waals surface area contributed by atoms with Gasteiger partial charge in [0, 0.05) is 31.6 Å². The number of unbranched alkanes of at least 4 members (excludes halogenated alkanes) is 1. The van der Waals surface area contributed by atoms with Crippen molar-refractivity contribution in [3.05, 3.63) is 24.3 Å². The van der Waals surface area contributed by atoms with E-state index in [1.54, 1.807) is 11.5 Å². The number of fused-ring (bicyclic) bond motifs is 1. The fourth-order valence-corrected chi connectivity index (χ4v) is 3.67. The zero-order chi connectivity index (χ0) is 13.8. The summed E-state index contributed by atoms with van der Waals surface area (Å²) in [5, 5.41) is 2.64. The third-order valence-corrected chi connectivity index (χ3v) is 4.89. The second kappa shape index (κ2) is 6.52. The average molecular weight is 290 g/mol. The molecule has 0 radical (unpaired) electrons. The van der Waals surface area contributed by atoms with Crippen LogP contribution in [0.2, 0.25) is 0 Å². The van der Waals surface area contributed by atoms with E-state index in [1.807, 2.05) is 0 Å². The van der Waals surface area contributed by atoms with E-state index in [-0.39, 0.29) is 0 Å². The predicted molar refractivity (Wildman–Crippen MR) is 86.6 cm³/mol. The van der Waals surface area contributed by atoms with Gasteiger partial charge in [0.15, 0.2) is 0 Å². The molecule has 4 nitrogen and oxygen atoms in total. The smallest absolute Gasteiger partial charge is 0.120 e. The molecule has 0 spiro atoms. The Morgan fingerprint density at radius 3 is 2.70 bits per heavy atom. The number of piperazine rings is 1. The first-order valence-electron chi connectivity index (χ1n) is 7.40. The molecule has 0 unspecified atom stereocenters. The Morgan fingerprint density at radius 2 is 1.90 bits per heavy atom. The lowest BCUT2D eigenvalue weighted by Crippen LogP contribution is -2.46. The highest BCUT2D eigenvalue weighted by molar-refractivity contribution is 7.11. The van der Waals surface area contributed by atoms with Crippen LogP contribution in [0.5, 0.6) is 0 Å². The predicted octanol–water partition coefficient (Wildman–Crippen LogP) is 2.16. The van der Waals surface area contributed by atoms with Crippen LogP contribution in [-0.2, 0) is 0 Å². The largest absolute Gasteiger partial charge is 0.359 e. The summed E-state index contributed by atoms with van der Waals surface area (Å²) in [6.07, 6.45) is 2.36. The number of hydrogen-bond donors (Lipinski definition) is 1. The lowest BCUT2D eigenvalue weighted by Gasteiger charge is -2.35. The molecule has 1 aliphatic rings. The molecule has 1 aromatic carbocycles. The van der Waals surface area contributed by atoms with Gasteiger partial charge in [0.2, 0.25) is 0 Å². The molecule has 20 heavy (non-hydrogen) atoms. The molecule has 0 amide bonds. The van der Waals surface area contributed by atoms with Crippen molar-refractivity contribution in [2.24, 2.45) is 5.73 Å². The van der Waals surface area contributed by atoms with E-state index >= 15 is 0 Å². The highest BCUT2D eigenvalue weighted by atomic mass is 32.1. The Labute approximate surface area is 124 Å². The maximum absolute atomic E-state index is 5.55. The molecule has 1 aliphatic heterocycles. The van der Waals surface area contributed by atoms with Crippen molar-refractivity contribution in [3.63, 3.8) is 0 Å². The molecule has 108 valence electrons. The standard InChI is InChI=1S/C15H22N4S/c16-7-3-4-8-18-9-11-19(12-10-18)15-13-5-1-2-6-14(13)17-20-15/h1-2,5-6H,3-4,7-12,16H2. The van der Waals surface area contributed by atoms with Crippen LogP contribution in [0.4, 0.5) is 5.00 Å². The van der Waals surface area contributed by atoms with Gasteiger partial charge < -0.3 is 10.6 Å². The van der Waals surface area contributed by atoms with Crippen LogP contribution in [-0.4, -0.2) is 48.5 Å². The number of hydrogen-bond acceptors (Lipinski definition) is 5. The molecule has 0 bridgehead atoms. The minimum atomic E-state index is 0.812. The minimum Gasteiger partial charge on any atom is -0.359 e. The SMILES string of the molecule is NCCCCN1CCN(c2snc3ccccc23)CC1. The highest BCUT2D eigenvalue weighted by Gasteiger charge is 2.19.